The van der Waals surface area contributed by atoms with Crippen molar-refractivity contribution < 1.29 is 13.6 Å². The molecule has 2 fully saturated rings. The molecule has 5 heteroatoms. The van der Waals surface area contributed by atoms with Crippen molar-refractivity contribution in [3.8, 4) is 0 Å². The third-order valence-corrected chi connectivity index (χ3v) is 5.59. The highest BCUT2D eigenvalue weighted by molar-refractivity contribution is 6.30. The molecule has 0 radical (unpaired) electrons. The summed E-state index contributed by atoms with van der Waals surface area (Å²) in [6.45, 7) is 0. The van der Waals surface area contributed by atoms with Crippen molar-refractivity contribution in [2.24, 2.45) is 0 Å². The molecule has 1 aromatic rings. The molecule has 1 amide bonds. The fourth-order valence-electron chi connectivity index (χ4n) is 3.90. The average molecular weight is 342 g/mol. The molecule has 2 aliphatic rings. The molecule has 23 heavy (non-hydrogen) atoms. The molecule has 0 spiro atoms. The smallest absolute Gasteiger partial charge is 0.248 e. The van der Waals surface area contributed by atoms with Crippen LogP contribution in [-0.4, -0.2) is 17.9 Å². The first-order valence-corrected chi connectivity index (χ1v) is 8.74. The second kappa shape index (κ2) is 6.39. The highest BCUT2D eigenvalue weighted by atomic mass is 35.5. The number of carbonyl (C=O) groups excluding carboxylic acids is 1. The maximum absolute atomic E-state index is 13.3. The maximum atomic E-state index is 13.3. The first-order chi connectivity index (χ1) is 10.9. The Hall–Kier alpha value is -1.16. The van der Waals surface area contributed by atoms with Gasteiger partial charge in [-0.05, 0) is 43.4 Å². The summed E-state index contributed by atoms with van der Waals surface area (Å²) in [6.07, 6.45) is 4.09. The molecular formula is C18H22ClF2NO. The van der Waals surface area contributed by atoms with E-state index in [1.54, 1.807) is 0 Å². The molecule has 2 aliphatic carbocycles. The third-order valence-electron chi connectivity index (χ3n) is 5.34. The van der Waals surface area contributed by atoms with Crippen LogP contribution in [0.2, 0.25) is 5.02 Å². The number of alkyl halides is 2. The van der Waals surface area contributed by atoms with Crippen LogP contribution >= 0.6 is 11.6 Å². The van der Waals surface area contributed by atoms with Gasteiger partial charge in [0.2, 0.25) is 11.8 Å². The minimum atomic E-state index is -2.57. The van der Waals surface area contributed by atoms with E-state index in [4.69, 9.17) is 11.6 Å². The third kappa shape index (κ3) is 3.52. The number of halogens is 3. The molecule has 3 rings (SSSR count). The van der Waals surface area contributed by atoms with Crippen LogP contribution in [0.1, 0.15) is 56.9 Å². The van der Waals surface area contributed by atoms with E-state index in [1.807, 2.05) is 24.3 Å². The van der Waals surface area contributed by atoms with Crippen molar-refractivity contribution >= 4 is 17.5 Å². The monoisotopic (exact) mass is 341 g/mol. The fraction of sp³-hybridized carbons (Fsp3) is 0.611. The zero-order valence-corrected chi connectivity index (χ0v) is 13.8. The summed E-state index contributed by atoms with van der Waals surface area (Å²) in [5.41, 5.74) is 0.461. The molecule has 2 nitrogen and oxygen atoms in total. The van der Waals surface area contributed by atoms with E-state index in [0.717, 1.165) is 31.2 Å². The van der Waals surface area contributed by atoms with Gasteiger partial charge in [-0.3, -0.25) is 4.79 Å². The van der Waals surface area contributed by atoms with Gasteiger partial charge in [-0.2, -0.15) is 0 Å². The summed E-state index contributed by atoms with van der Waals surface area (Å²) < 4.78 is 26.5. The Morgan fingerprint density at radius 3 is 2.17 bits per heavy atom. The standard InChI is InChI=1S/C18H22ClF2NO/c19-14-5-3-13(4-6-14)17(9-1-2-10-17)16(23)22-15-7-11-18(20,21)12-8-15/h3-6,15H,1-2,7-12H2,(H,22,23). The van der Waals surface area contributed by atoms with E-state index in [1.165, 1.54) is 0 Å². The molecule has 0 aliphatic heterocycles. The Bertz CT molecular complexity index is 557. The minimum Gasteiger partial charge on any atom is -0.353 e. The fourth-order valence-corrected chi connectivity index (χ4v) is 4.03. The number of amides is 1. The summed E-state index contributed by atoms with van der Waals surface area (Å²) in [7, 11) is 0. The molecule has 0 bridgehead atoms. The summed E-state index contributed by atoms with van der Waals surface area (Å²) in [4.78, 5) is 13.0. The molecule has 126 valence electrons. The van der Waals surface area contributed by atoms with Crippen molar-refractivity contribution in [3.05, 3.63) is 34.9 Å². The lowest BCUT2D eigenvalue weighted by Crippen LogP contribution is -2.48. The van der Waals surface area contributed by atoms with Crippen LogP contribution in [0.3, 0.4) is 0 Å². The van der Waals surface area contributed by atoms with Gasteiger partial charge in [0.05, 0.1) is 5.41 Å². The summed E-state index contributed by atoms with van der Waals surface area (Å²) in [6, 6.07) is 7.33. The number of hydrogen-bond acceptors (Lipinski definition) is 1. The van der Waals surface area contributed by atoms with Crippen LogP contribution < -0.4 is 5.32 Å². The van der Waals surface area contributed by atoms with E-state index in [9.17, 15) is 13.6 Å². The summed E-state index contributed by atoms with van der Waals surface area (Å²) >= 11 is 5.95. The Morgan fingerprint density at radius 2 is 1.61 bits per heavy atom. The van der Waals surface area contributed by atoms with E-state index >= 15 is 0 Å². The van der Waals surface area contributed by atoms with Gasteiger partial charge in [0.25, 0.3) is 0 Å². The quantitative estimate of drug-likeness (QED) is 0.837. The van der Waals surface area contributed by atoms with Crippen molar-refractivity contribution in [3.63, 3.8) is 0 Å². The molecule has 0 aromatic heterocycles. The van der Waals surface area contributed by atoms with Crippen molar-refractivity contribution in [2.45, 2.75) is 68.7 Å². The Morgan fingerprint density at radius 1 is 1.04 bits per heavy atom. The molecule has 0 saturated heterocycles. The Labute approximate surface area is 140 Å². The van der Waals surface area contributed by atoms with Gasteiger partial charge in [0.1, 0.15) is 0 Å². The Kier molecular flexibility index (Phi) is 4.63. The first kappa shape index (κ1) is 16.7. The largest absolute Gasteiger partial charge is 0.353 e. The second-order valence-corrected chi connectivity index (χ2v) is 7.34. The van der Waals surface area contributed by atoms with Crippen molar-refractivity contribution in [2.75, 3.05) is 0 Å². The lowest BCUT2D eigenvalue weighted by Gasteiger charge is -2.34. The molecule has 0 atom stereocenters. The van der Waals surface area contributed by atoms with Crippen molar-refractivity contribution in [1.29, 1.82) is 0 Å². The van der Waals surface area contributed by atoms with Gasteiger partial charge in [-0.1, -0.05) is 36.6 Å². The van der Waals surface area contributed by atoms with Gasteiger partial charge >= 0.3 is 0 Å². The van der Waals surface area contributed by atoms with Gasteiger partial charge < -0.3 is 5.32 Å². The predicted octanol–water partition coefficient (Wildman–Crippen LogP) is 4.85. The molecule has 0 unspecified atom stereocenters. The van der Waals surface area contributed by atoms with Crippen LogP contribution in [0.25, 0.3) is 0 Å². The predicted molar refractivity (Wildman–Crippen MR) is 86.9 cm³/mol. The van der Waals surface area contributed by atoms with Crippen LogP contribution in [0.5, 0.6) is 0 Å². The van der Waals surface area contributed by atoms with Crippen LogP contribution in [-0.2, 0) is 10.2 Å². The highest BCUT2D eigenvalue weighted by Crippen LogP contribution is 2.42. The molecular weight excluding hydrogens is 320 g/mol. The van der Waals surface area contributed by atoms with E-state index in [-0.39, 0.29) is 24.8 Å². The molecule has 1 aromatic carbocycles. The average Bonchev–Trinajstić information content (AvgIpc) is 3.01. The number of hydrogen-bond donors (Lipinski definition) is 1. The zero-order valence-electron chi connectivity index (χ0n) is 13.1. The number of rotatable bonds is 3. The van der Waals surface area contributed by atoms with Crippen LogP contribution in [0.15, 0.2) is 24.3 Å². The Balaban J connectivity index is 1.74. The van der Waals surface area contributed by atoms with Gasteiger partial charge in [-0.25, -0.2) is 8.78 Å². The maximum Gasteiger partial charge on any atom is 0.248 e. The van der Waals surface area contributed by atoms with Gasteiger partial charge in [0.15, 0.2) is 0 Å². The zero-order chi connectivity index (χ0) is 16.5. The number of carbonyl (C=O) groups is 1. The van der Waals surface area contributed by atoms with E-state index in [2.05, 4.69) is 5.32 Å². The van der Waals surface area contributed by atoms with E-state index < -0.39 is 11.3 Å². The molecule has 2 saturated carbocycles. The normalized spacial score (nSPS) is 23.6. The molecule has 1 N–H and O–H groups in total. The first-order valence-electron chi connectivity index (χ1n) is 8.36. The summed E-state index contributed by atoms with van der Waals surface area (Å²) in [5.74, 6) is -2.57. The number of nitrogens with one attached hydrogen (secondary N) is 1. The SMILES string of the molecule is O=C(NC1CCC(F)(F)CC1)C1(c2ccc(Cl)cc2)CCCC1. The van der Waals surface area contributed by atoms with Gasteiger partial charge in [0, 0.05) is 23.9 Å². The second-order valence-electron chi connectivity index (χ2n) is 6.90. The van der Waals surface area contributed by atoms with Crippen LogP contribution in [0.4, 0.5) is 8.78 Å². The van der Waals surface area contributed by atoms with Crippen molar-refractivity contribution in [1.82, 2.24) is 5.32 Å². The topological polar surface area (TPSA) is 29.1 Å². The molecule has 0 heterocycles. The lowest BCUT2D eigenvalue weighted by molar-refractivity contribution is -0.128. The minimum absolute atomic E-state index is 0.00691. The highest BCUT2D eigenvalue weighted by Gasteiger charge is 2.44. The van der Waals surface area contributed by atoms with Crippen LogP contribution in [0, 0.1) is 0 Å². The van der Waals surface area contributed by atoms with Gasteiger partial charge in [-0.15, -0.1) is 0 Å². The summed E-state index contributed by atoms with van der Waals surface area (Å²) in [5, 5.41) is 3.70. The van der Waals surface area contributed by atoms with E-state index in [0.29, 0.717) is 17.9 Å². The number of benzene rings is 1. The lowest BCUT2D eigenvalue weighted by atomic mass is 9.77.